The van der Waals surface area contributed by atoms with Crippen LogP contribution < -0.4 is 5.32 Å². The highest BCUT2D eigenvalue weighted by Gasteiger charge is 2.45. The largest absolute Gasteiger partial charge is 0.388 e. The number of rotatable bonds is 4. The quantitative estimate of drug-likeness (QED) is 0.545. The SMILES string of the molecule is COC[C@H]1O[C@H](OC)[C@H](NC(C)=O)[C@@H](O)[C@H]1O. The maximum Gasteiger partial charge on any atom is 0.217 e. The van der Waals surface area contributed by atoms with Gasteiger partial charge in [0.25, 0.3) is 0 Å². The van der Waals surface area contributed by atoms with Crippen LogP contribution in [-0.4, -0.2) is 67.6 Å². The Morgan fingerprint density at radius 2 is 2.00 bits per heavy atom. The number of carbonyl (C=O) groups is 1. The third-order valence-corrected chi connectivity index (χ3v) is 2.63. The van der Waals surface area contributed by atoms with E-state index in [1.54, 1.807) is 0 Å². The summed E-state index contributed by atoms with van der Waals surface area (Å²) in [6, 6.07) is -0.805. The van der Waals surface area contributed by atoms with Gasteiger partial charge in [-0.05, 0) is 0 Å². The van der Waals surface area contributed by atoms with E-state index in [1.165, 1.54) is 21.1 Å². The first-order chi connectivity index (χ1) is 8.01. The van der Waals surface area contributed by atoms with E-state index >= 15 is 0 Å². The molecule has 0 bridgehead atoms. The van der Waals surface area contributed by atoms with Crippen molar-refractivity contribution in [2.24, 2.45) is 0 Å². The normalized spacial score (nSPS) is 37.8. The number of hydrogen-bond acceptors (Lipinski definition) is 6. The summed E-state index contributed by atoms with van der Waals surface area (Å²) >= 11 is 0. The van der Waals surface area contributed by atoms with Crippen molar-refractivity contribution in [2.45, 2.75) is 37.6 Å². The first-order valence-electron chi connectivity index (χ1n) is 5.31. The van der Waals surface area contributed by atoms with E-state index in [1.807, 2.05) is 0 Å². The van der Waals surface area contributed by atoms with Crippen molar-refractivity contribution in [3.63, 3.8) is 0 Å². The van der Waals surface area contributed by atoms with Crippen molar-refractivity contribution in [1.82, 2.24) is 5.32 Å². The van der Waals surface area contributed by atoms with Gasteiger partial charge in [-0.1, -0.05) is 0 Å². The van der Waals surface area contributed by atoms with Crippen LogP contribution in [0.4, 0.5) is 0 Å². The Labute approximate surface area is 99.7 Å². The predicted octanol–water partition coefficient (Wildman–Crippen LogP) is -1.77. The molecule has 1 rings (SSSR count). The number of hydrogen-bond donors (Lipinski definition) is 3. The Balaban J connectivity index is 2.75. The summed E-state index contributed by atoms with van der Waals surface area (Å²) in [5.74, 6) is -0.336. The summed E-state index contributed by atoms with van der Waals surface area (Å²) < 4.78 is 15.3. The molecular formula is C10H19NO6. The molecule has 0 aliphatic carbocycles. The minimum absolute atomic E-state index is 0.130. The van der Waals surface area contributed by atoms with E-state index < -0.39 is 30.6 Å². The Morgan fingerprint density at radius 1 is 1.35 bits per heavy atom. The fourth-order valence-corrected chi connectivity index (χ4v) is 1.82. The van der Waals surface area contributed by atoms with Crippen LogP contribution in [0.3, 0.4) is 0 Å². The second-order valence-electron chi connectivity index (χ2n) is 3.94. The molecule has 7 heteroatoms. The van der Waals surface area contributed by atoms with Gasteiger partial charge < -0.3 is 29.7 Å². The van der Waals surface area contributed by atoms with Crippen LogP contribution in [0.5, 0.6) is 0 Å². The van der Waals surface area contributed by atoms with Crippen LogP contribution in [0.15, 0.2) is 0 Å². The highest BCUT2D eigenvalue weighted by atomic mass is 16.7. The monoisotopic (exact) mass is 249 g/mol. The molecule has 5 atom stereocenters. The van der Waals surface area contributed by atoms with Crippen LogP contribution in [-0.2, 0) is 19.0 Å². The lowest BCUT2D eigenvalue weighted by molar-refractivity contribution is -0.264. The van der Waals surface area contributed by atoms with E-state index in [2.05, 4.69) is 5.32 Å². The first-order valence-corrected chi connectivity index (χ1v) is 5.31. The molecular weight excluding hydrogens is 230 g/mol. The summed E-state index contributed by atoms with van der Waals surface area (Å²) in [5.41, 5.74) is 0. The highest BCUT2D eigenvalue weighted by molar-refractivity contribution is 5.73. The summed E-state index contributed by atoms with van der Waals surface area (Å²) in [7, 11) is 2.86. The van der Waals surface area contributed by atoms with Crippen molar-refractivity contribution in [1.29, 1.82) is 0 Å². The molecule has 7 nitrogen and oxygen atoms in total. The van der Waals surface area contributed by atoms with Gasteiger partial charge in [-0.3, -0.25) is 4.79 Å². The number of aliphatic hydroxyl groups is 2. The van der Waals surface area contributed by atoms with Crippen LogP contribution in [0.25, 0.3) is 0 Å². The zero-order valence-corrected chi connectivity index (χ0v) is 10.1. The third kappa shape index (κ3) is 3.36. The number of amides is 1. The standard InChI is InChI=1S/C10H19NO6/c1-5(12)11-7-9(14)8(13)6(4-15-2)17-10(7)16-3/h6-10,13-14H,4H2,1-3H3,(H,11,12)/t6-,7-,8+,9-,10+/m1/s1. The van der Waals surface area contributed by atoms with Gasteiger partial charge in [0.15, 0.2) is 6.29 Å². The van der Waals surface area contributed by atoms with Gasteiger partial charge in [0.05, 0.1) is 6.61 Å². The predicted molar refractivity (Wildman–Crippen MR) is 57.2 cm³/mol. The third-order valence-electron chi connectivity index (χ3n) is 2.63. The van der Waals surface area contributed by atoms with Crippen molar-refractivity contribution < 1.29 is 29.2 Å². The fourth-order valence-electron chi connectivity index (χ4n) is 1.82. The molecule has 1 amide bonds. The lowest BCUT2D eigenvalue weighted by Gasteiger charge is -2.41. The molecule has 0 spiro atoms. The summed E-state index contributed by atoms with van der Waals surface area (Å²) in [6.07, 6.45) is -3.82. The van der Waals surface area contributed by atoms with Gasteiger partial charge in [-0.25, -0.2) is 0 Å². The Morgan fingerprint density at radius 3 is 2.47 bits per heavy atom. The molecule has 0 aromatic rings. The molecule has 1 heterocycles. The highest BCUT2D eigenvalue weighted by Crippen LogP contribution is 2.21. The number of methoxy groups -OCH3 is 2. The molecule has 1 aliphatic rings. The first kappa shape index (κ1) is 14.3. The van der Waals surface area contributed by atoms with Crippen LogP contribution in [0.2, 0.25) is 0 Å². The van der Waals surface area contributed by atoms with Crippen LogP contribution >= 0.6 is 0 Å². The van der Waals surface area contributed by atoms with Crippen LogP contribution in [0, 0.1) is 0 Å². The van der Waals surface area contributed by atoms with Gasteiger partial charge in [-0.2, -0.15) is 0 Å². The minimum atomic E-state index is -1.17. The van der Waals surface area contributed by atoms with Gasteiger partial charge in [0, 0.05) is 21.1 Å². The Hall–Kier alpha value is -0.730. The summed E-state index contributed by atoms with van der Waals surface area (Å²) in [5, 5.41) is 22.2. The molecule has 0 radical (unpaired) electrons. The van der Waals surface area contributed by atoms with Crippen molar-refractivity contribution in [2.75, 3.05) is 20.8 Å². The summed E-state index contributed by atoms with van der Waals surface area (Å²) in [4.78, 5) is 11.0. The average molecular weight is 249 g/mol. The molecule has 0 saturated carbocycles. The van der Waals surface area contributed by atoms with Gasteiger partial charge in [0.1, 0.15) is 24.4 Å². The lowest BCUT2D eigenvalue weighted by Crippen LogP contribution is -2.64. The zero-order valence-electron chi connectivity index (χ0n) is 10.1. The minimum Gasteiger partial charge on any atom is -0.388 e. The summed E-state index contributed by atoms with van der Waals surface area (Å²) in [6.45, 7) is 1.44. The Kier molecular flexibility index (Phi) is 5.29. The van der Waals surface area contributed by atoms with Gasteiger partial charge >= 0.3 is 0 Å². The number of aliphatic hydroxyl groups excluding tert-OH is 2. The molecule has 17 heavy (non-hydrogen) atoms. The molecule has 0 unspecified atom stereocenters. The topological polar surface area (TPSA) is 97.2 Å². The maximum atomic E-state index is 11.0. The van der Waals surface area contributed by atoms with Crippen LogP contribution in [0.1, 0.15) is 6.92 Å². The number of ether oxygens (including phenoxy) is 3. The molecule has 0 aromatic carbocycles. The van der Waals surface area contributed by atoms with E-state index in [0.29, 0.717) is 0 Å². The second kappa shape index (κ2) is 6.27. The molecule has 100 valence electrons. The Bertz CT molecular complexity index is 259. The number of carbonyl (C=O) groups excluding carboxylic acids is 1. The maximum absolute atomic E-state index is 11.0. The smallest absolute Gasteiger partial charge is 0.217 e. The van der Waals surface area contributed by atoms with Crippen molar-refractivity contribution in [3.05, 3.63) is 0 Å². The van der Waals surface area contributed by atoms with Gasteiger partial charge in [0.2, 0.25) is 5.91 Å². The number of nitrogens with one attached hydrogen (secondary N) is 1. The lowest BCUT2D eigenvalue weighted by atomic mass is 9.97. The zero-order chi connectivity index (χ0) is 13.0. The molecule has 1 aliphatic heterocycles. The molecule has 0 aromatic heterocycles. The second-order valence-corrected chi connectivity index (χ2v) is 3.94. The van der Waals surface area contributed by atoms with Crippen molar-refractivity contribution >= 4 is 5.91 Å². The van der Waals surface area contributed by atoms with Crippen molar-refractivity contribution in [3.8, 4) is 0 Å². The molecule has 1 fully saturated rings. The molecule has 3 N–H and O–H groups in total. The van der Waals surface area contributed by atoms with Gasteiger partial charge in [-0.15, -0.1) is 0 Å². The van der Waals surface area contributed by atoms with E-state index in [9.17, 15) is 15.0 Å². The molecule has 1 saturated heterocycles. The van der Waals surface area contributed by atoms with E-state index in [0.717, 1.165) is 0 Å². The van der Waals surface area contributed by atoms with E-state index in [4.69, 9.17) is 14.2 Å². The van der Waals surface area contributed by atoms with E-state index in [-0.39, 0.29) is 12.5 Å². The average Bonchev–Trinajstić information content (AvgIpc) is 2.28. The fraction of sp³-hybridized carbons (Fsp3) is 0.900.